The number of amides is 1. The molecule has 1 aliphatic heterocycles. The quantitative estimate of drug-likeness (QED) is 0.791. The lowest BCUT2D eigenvalue weighted by Gasteiger charge is -2.13. The van der Waals surface area contributed by atoms with Gasteiger partial charge in [0.2, 0.25) is 0 Å². The minimum atomic E-state index is -0.315. The summed E-state index contributed by atoms with van der Waals surface area (Å²) in [6.45, 7) is 1.38. The molecule has 5 nitrogen and oxygen atoms in total. The van der Waals surface area contributed by atoms with Crippen LogP contribution in [0.3, 0.4) is 0 Å². The van der Waals surface area contributed by atoms with Crippen molar-refractivity contribution in [1.29, 1.82) is 0 Å². The average molecular weight is 385 g/mol. The highest BCUT2D eigenvalue weighted by atomic mass is 35.5. The van der Waals surface area contributed by atoms with Crippen molar-refractivity contribution in [3.63, 3.8) is 0 Å². The molecule has 1 atom stereocenters. The maximum Gasteiger partial charge on any atom is 0.269 e. The smallest absolute Gasteiger partial charge is 0.269 e. The first-order valence-corrected chi connectivity index (χ1v) is 9.15. The molecule has 2 N–H and O–H groups in total. The molecule has 0 bridgehead atoms. The molecule has 0 unspecified atom stereocenters. The van der Waals surface area contributed by atoms with Crippen LogP contribution < -0.4 is 15.4 Å². The second-order valence-electron chi connectivity index (χ2n) is 5.41. The van der Waals surface area contributed by atoms with Crippen molar-refractivity contribution < 1.29 is 14.3 Å². The Labute approximate surface area is 154 Å². The zero-order valence-electron chi connectivity index (χ0n) is 13.1. The number of halogens is 1. The number of carbonyl (C=O) groups is 1. The number of ether oxygens (including phenoxy) is 2. The number of thiocarbonyl (C=S) groups is 1. The molecule has 0 spiro atoms. The summed E-state index contributed by atoms with van der Waals surface area (Å²) in [5, 5.41) is 7.22. The monoisotopic (exact) mass is 384 g/mol. The number of carbonyl (C=O) groups excluding carboxylic acids is 1. The fourth-order valence-corrected chi connectivity index (χ4v) is 4.15. The summed E-state index contributed by atoms with van der Waals surface area (Å²) in [6.07, 6.45) is 2.22. The van der Waals surface area contributed by atoms with Crippen LogP contribution in [0.2, 0.25) is 5.02 Å². The van der Waals surface area contributed by atoms with Gasteiger partial charge in [0.1, 0.15) is 10.6 Å². The third-order valence-corrected chi connectivity index (χ3v) is 5.69. The number of hydrogen-bond acceptors (Lipinski definition) is 5. The van der Waals surface area contributed by atoms with Crippen LogP contribution in [-0.2, 0) is 4.74 Å². The minimum absolute atomic E-state index is 0.153. The second-order valence-corrected chi connectivity index (χ2v) is 7.24. The normalized spacial score (nSPS) is 17.0. The van der Waals surface area contributed by atoms with Crippen LogP contribution in [0.4, 0.5) is 0 Å². The third kappa shape index (κ3) is 3.80. The molecule has 1 aromatic heterocycles. The molecule has 2 aromatic rings. The van der Waals surface area contributed by atoms with E-state index in [0.29, 0.717) is 16.4 Å². The van der Waals surface area contributed by atoms with Crippen molar-refractivity contribution in [2.45, 2.75) is 18.9 Å². The molecule has 8 heteroatoms. The average Bonchev–Trinajstić information content (AvgIpc) is 3.20. The van der Waals surface area contributed by atoms with Crippen molar-refractivity contribution in [2.24, 2.45) is 0 Å². The van der Waals surface area contributed by atoms with Crippen molar-refractivity contribution >= 4 is 56.3 Å². The van der Waals surface area contributed by atoms with E-state index in [4.69, 9.17) is 33.3 Å². The van der Waals surface area contributed by atoms with Crippen molar-refractivity contribution in [3.8, 4) is 5.75 Å². The molecule has 1 aliphatic rings. The predicted octanol–water partition coefficient (Wildman–Crippen LogP) is 3.35. The van der Waals surface area contributed by atoms with Crippen LogP contribution >= 0.6 is 35.2 Å². The van der Waals surface area contributed by atoms with Crippen LogP contribution in [0.15, 0.2) is 18.2 Å². The zero-order valence-corrected chi connectivity index (χ0v) is 15.4. The first-order chi connectivity index (χ1) is 11.6. The molecule has 128 valence electrons. The molecular weight excluding hydrogens is 368 g/mol. The highest BCUT2D eigenvalue weighted by molar-refractivity contribution is 7.80. The van der Waals surface area contributed by atoms with E-state index in [9.17, 15) is 4.79 Å². The molecule has 2 heterocycles. The molecule has 0 aliphatic carbocycles. The highest BCUT2D eigenvalue weighted by Crippen LogP contribution is 2.37. The van der Waals surface area contributed by atoms with Crippen molar-refractivity contribution in [2.75, 3.05) is 20.3 Å². The summed E-state index contributed by atoms with van der Waals surface area (Å²) in [5.74, 6) is 0.408. The van der Waals surface area contributed by atoms with E-state index in [-0.39, 0.29) is 17.1 Å². The van der Waals surface area contributed by atoms with Gasteiger partial charge in [-0.05, 0) is 43.3 Å². The van der Waals surface area contributed by atoms with Gasteiger partial charge in [-0.3, -0.25) is 10.1 Å². The van der Waals surface area contributed by atoms with Gasteiger partial charge in [-0.2, -0.15) is 0 Å². The van der Waals surface area contributed by atoms with E-state index in [2.05, 4.69) is 10.6 Å². The number of benzene rings is 1. The van der Waals surface area contributed by atoms with E-state index in [0.717, 1.165) is 35.3 Å². The fourth-order valence-electron chi connectivity index (χ4n) is 2.53. The standard InChI is InChI=1S/C16H17ClN2O3S2/c1-21-9-4-5-11-12(7-9)24-14(13(11)17)15(20)19-16(23)18-8-10-3-2-6-22-10/h4-5,7,10H,2-3,6,8H2,1H3,(H2,18,19,20,23)/t10-/m0/s1. The second kappa shape index (κ2) is 7.65. The lowest BCUT2D eigenvalue weighted by atomic mass is 10.2. The van der Waals surface area contributed by atoms with Gasteiger partial charge in [-0.1, -0.05) is 11.6 Å². The van der Waals surface area contributed by atoms with Gasteiger partial charge in [0.05, 0.1) is 18.2 Å². The van der Waals surface area contributed by atoms with Gasteiger partial charge < -0.3 is 14.8 Å². The number of hydrogen-bond donors (Lipinski definition) is 2. The predicted molar refractivity (Wildman–Crippen MR) is 100 cm³/mol. The van der Waals surface area contributed by atoms with Crippen LogP contribution in [0.25, 0.3) is 10.1 Å². The number of fused-ring (bicyclic) bond motifs is 1. The Morgan fingerprint density at radius 2 is 2.38 bits per heavy atom. The summed E-state index contributed by atoms with van der Waals surface area (Å²) >= 11 is 12.8. The molecule has 24 heavy (non-hydrogen) atoms. The number of rotatable bonds is 4. The molecule has 0 saturated carbocycles. The van der Waals surface area contributed by atoms with E-state index in [1.807, 2.05) is 18.2 Å². The number of nitrogens with one attached hydrogen (secondary N) is 2. The summed E-state index contributed by atoms with van der Waals surface area (Å²) in [7, 11) is 1.60. The van der Waals surface area contributed by atoms with Gasteiger partial charge in [0, 0.05) is 23.2 Å². The van der Waals surface area contributed by atoms with Crippen LogP contribution in [-0.4, -0.2) is 37.4 Å². The Bertz CT molecular complexity index is 772. The maximum absolute atomic E-state index is 12.4. The lowest BCUT2D eigenvalue weighted by molar-refractivity contribution is 0.0977. The molecule has 1 saturated heterocycles. The van der Waals surface area contributed by atoms with Crippen LogP contribution in [0.5, 0.6) is 5.75 Å². The third-order valence-electron chi connectivity index (χ3n) is 3.78. The van der Waals surface area contributed by atoms with Gasteiger partial charge in [-0.15, -0.1) is 11.3 Å². The molecule has 1 aromatic carbocycles. The summed E-state index contributed by atoms with van der Waals surface area (Å²) < 4.78 is 11.6. The maximum atomic E-state index is 12.4. The van der Waals surface area contributed by atoms with Gasteiger partial charge in [-0.25, -0.2) is 0 Å². The minimum Gasteiger partial charge on any atom is -0.497 e. The van der Waals surface area contributed by atoms with Crippen molar-refractivity contribution in [3.05, 3.63) is 28.1 Å². The Kier molecular flexibility index (Phi) is 5.55. The zero-order chi connectivity index (χ0) is 17.1. The Hall–Kier alpha value is -1.41. The largest absolute Gasteiger partial charge is 0.497 e. The van der Waals surface area contributed by atoms with Crippen molar-refractivity contribution in [1.82, 2.24) is 10.6 Å². The molecule has 0 radical (unpaired) electrons. The SMILES string of the molecule is COc1ccc2c(Cl)c(C(=O)NC(=S)NC[C@@H]3CCCO3)sc2c1. The number of thiophene rings is 1. The molecule has 1 amide bonds. The van der Waals surface area contributed by atoms with E-state index >= 15 is 0 Å². The van der Waals surface area contributed by atoms with Crippen LogP contribution in [0.1, 0.15) is 22.5 Å². The molecular formula is C16H17ClN2O3S2. The molecule has 3 rings (SSSR count). The van der Waals surface area contributed by atoms with Gasteiger partial charge >= 0.3 is 0 Å². The Balaban J connectivity index is 1.66. The first-order valence-electron chi connectivity index (χ1n) is 7.55. The van der Waals surface area contributed by atoms with E-state index in [1.54, 1.807) is 7.11 Å². The summed E-state index contributed by atoms with van der Waals surface area (Å²) in [4.78, 5) is 12.9. The summed E-state index contributed by atoms with van der Waals surface area (Å²) in [5.41, 5.74) is 0. The highest BCUT2D eigenvalue weighted by Gasteiger charge is 2.19. The summed E-state index contributed by atoms with van der Waals surface area (Å²) in [6, 6.07) is 5.52. The first kappa shape index (κ1) is 17.4. The van der Waals surface area contributed by atoms with E-state index in [1.165, 1.54) is 11.3 Å². The van der Waals surface area contributed by atoms with Crippen LogP contribution in [0, 0.1) is 0 Å². The van der Waals surface area contributed by atoms with Gasteiger partial charge in [0.25, 0.3) is 5.91 Å². The Morgan fingerprint density at radius 1 is 1.54 bits per heavy atom. The number of methoxy groups -OCH3 is 1. The lowest BCUT2D eigenvalue weighted by Crippen LogP contribution is -2.42. The molecule has 1 fully saturated rings. The van der Waals surface area contributed by atoms with Gasteiger partial charge in [0.15, 0.2) is 5.11 Å². The Morgan fingerprint density at radius 3 is 3.08 bits per heavy atom. The fraction of sp³-hybridized carbons (Fsp3) is 0.375. The topological polar surface area (TPSA) is 59.6 Å². The van der Waals surface area contributed by atoms with E-state index < -0.39 is 0 Å².